The molecule has 100 valence electrons. The first-order valence-electron chi connectivity index (χ1n) is 6.29. The average molecular weight is 316 g/mol. The fourth-order valence-electron chi connectivity index (χ4n) is 2.12. The molecule has 0 radical (unpaired) electrons. The van der Waals surface area contributed by atoms with E-state index in [9.17, 15) is 4.79 Å². The molecule has 1 saturated heterocycles. The molecule has 1 aliphatic heterocycles. The number of hydrogen-bond acceptors (Lipinski definition) is 3. The molecule has 6 heteroatoms. The van der Waals surface area contributed by atoms with Crippen LogP contribution in [0.2, 0.25) is 0 Å². The number of ether oxygens (including phenoxy) is 1. The average Bonchev–Trinajstić information content (AvgIpc) is 2.99. The van der Waals surface area contributed by atoms with Crippen LogP contribution in [-0.2, 0) is 9.53 Å². The molecule has 1 aromatic rings. The van der Waals surface area contributed by atoms with Crippen molar-refractivity contribution in [1.82, 2.24) is 15.1 Å². The van der Waals surface area contributed by atoms with Crippen molar-refractivity contribution in [3.8, 4) is 0 Å². The Bertz CT molecular complexity index is 402. The first kappa shape index (κ1) is 13.5. The van der Waals surface area contributed by atoms with Gasteiger partial charge in [-0.05, 0) is 35.2 Å². The van der Waals surface area contributed by atoms with E-state index in [-0.39, 0.29) is 18.1 Å². The van der Waals surface area contributed by atoms with Crippen molar-refractivity contribution in [2.75, 3.05) is 13.2 Å². The van der Waals surface area contributed by atoms with Gasteiger partial charge in [-0.25, -0.2) is 0 Å². The number of halogens is 1. The largest absolute Gasteiger partial charge is 0.376 e. The molecular weight excluding hydrogens is 298 g/mol. The van der Waals surface area contributed by atoms with E-state index >= 15 is 0 Å². The van der Waals surface area contributed by atoms with Gasteiger partial charge in [0.05, 0.1) is 16.8 Å². The van der Waals surface area contributed by atoms with Crippen molar-refractivity contribution in [1.29, 1.82) is 0 Å². The third kappa shape index (κ3) is 3.32. The molecule has 2 atom stereocenters. The van der Waals surface area contributed by atoms with Crippen LogP contribution < -0.4 is 5.32 Å². The van der Waals surface area contributed by atoms with Crippen molar-refractivity contribution < 1.29 is 9.53 Å². The van der Waals surface area contributed by atoms with Crippen molar-refractivity contribution in [3.05, 3.63) is 16.9 Å². The molecule has 0 aliphatic carbocycles. The Morgan fingerprint density at radius 1 is 1.78 bits per heavy atom. The number of aromatic nitrogens is 2. The van der Waals surface area contributed by atoms with Crippen LogP contribution in [0.1, 0.15) is 32.2 Å². The Balaban J connectivity index is 1.89. The maximum atomic E-state index is 12.1. The summed E-state index contributed by atoms with van der Waals surface area (Å²) in [5.41, 5.74) is 0. The lowest BCUT2D eigenvalue weighted by Gasteiger charge is -2.17. The van der Waals surface area contributed by atoms with Crippen LogP contribution in [0.3, 0.4) is 0 Å². The summed E-state index contributed by atoms with van der Waals surface area (Å²) in [6.45, 7) is 3.38. The lowest BCUT2D eigenvalue weighted by atomic mass is 10.2. The predicted molar refractivity (Wildman–Crippen MR) is 71.2 cm³/mol. The van der Waals surface area contributed by atoms with Gasteiger partial charge in [0.15, 0.2) is 0 Å². The number of hydrogen-bond donors (Lipinski definition) is 1. The molecule has 0 aromatic carbocycles. The van der Waals surface area contributed by atoms with Crippen molar-refractivity contribution in [2.24, 2.45) is 0 Å². The summed E-state index contributed by atoms with van der Waals surface area (Å²) in [5.74, 6) is 0.00333. The number of carbonyl (C=O) groups excluding carboxylic acids is 1. The van der Waals surface area contributed by atoms with E-state index in [1.54, 1.807) is 10.9 Å². The van der Waals surface area contributed by atoms with E-state index < -0.39 is 0 Å². The van der Waals surface area contributed by atoms with Gasteiger partial charge in [0.25, 0.3) is 0 Å². The highest BCUT2D eigenvalue weighted by molar-refractivity contribution is 9.10. The van der Waals surface area contributed by atoms with E-state index in [2.05, 4.69) is 26.3 Å². The molecule has 0 spiro atoms. The molecule has 1 N–H and O–H groups in total. The van der Waals surface area contributed by atoms with Crippen molar-refractivity contribution in [3.63, 3.8) is 0 Å². The quantitative estimate of drug-likeness (QED) is 0.902. The summed E-state index contributed by atoms with van der Waals surface area (Å²) in [6.07, 6.45) is 6.52. The Kier molecular flexibility index (Phi) is 4.77. The lowest BCUT2D eigenvalue weighted by molar-refractivity contribution is -0.125. The van der Waals surface area contributed by atoms with Crippen LogP contribution in [0.5, 0.6) is 0 Å². The zero-order chi connectivity index (χ0) is 13.0. The molecule has 0 saturated carbocycles. The molecule has 2 heterocycles. The Hall–Kier alpha value is -0.880. The smallest absolute Gasteiger partial charge is 0.244 e. The van der Waals surface area contributed by atoms with Gasteiger partial charge in [0.2, 0.25) is 5.91 Å². The van der Waals surface area contributed by atoms with E-state index in [1.807, 2.05) is 13.1 Å². The van der Waals surface area contributed by atoms with Crippen LogP contribution >= 0.6 is 15.9 Å². The van der Waals surface area contributed by atoms with Gasteiger partial charge in [-0.1, -0.05) is 6.92 Å². The predicted octanol–water partition coefficient (Wildman–Crippen LogP) is 1.89. The molecule has 2 rings (SSSR count). The normalized spacial score (nSPS) is 20.9. The minimum atomic E-state index is -0.252. The van der Waals surface area contributed by atoms with Gasteiger partial charge in [-0.3, -0.25) is 9.48 Å². The zero-order valence-corrected chi connectivity index (χ0v) is 12.0. The van der Waals surface area contributed by atoms with Crippen LogP contribution in [0.15, 0.2) is 16.9 Å². The first-order valence-corrected chi connectivity index (χ1v) is 7.09. The highest BCUT2D eigenvalue weighted by Crippen LogP contribution is 2.15. The Morgan fingerprint density at radius 2 is 2.61 bits per heavy atom. The second-order valence-corrected chi connectivity index (χ2v) is 5.36. The summed E-state index contributed by atoms with van der Waals surface area (Å²) < 4.78 is 8.05. The number of nitrogens with zero attached hydrogens (tertiary/aromatic N) is 2. The molecule has 1 amide bonds. The maximum absolute atomic E-state index is 12.1. The molecule has 0 bridgehead atoms. The standard InChI is InChI=1S/C12H18BrN3O2/c1-2-11(16-8-9(13)6-15-16)12(17)14-7-10-4-3-5-18-10/h6,8,10-11H,2-5,7H2,1H3,(H,14,17). The van der Waals surface area contributed by atoms with Gasteiger partial charge >= 0.3 is 0 Å². The number of rotatable bonds is 5. The maximum Gasteiger partial charge on any atom is 0.244 e. The fraction of sp³-hybridized carbons (Fsp3) is 0.667. The van der Waals surface area contributed by atoms with Gasteiger partial charge in [0, 0.05) is 19.3 Å². The molecule has 1 fully saturated rings. The van der Waals surface area contributed by atoms with E-state index in [4.69, 9.17) is 4.74 Å². The monoisotopic (exact) mass is 315 g/mol. The first-order chi connectivity index (χ1) is 8.70. The van der Waals surface area contributed by atoms with Crippen LogP contribution in [0.25, 0.3) is 0 Å². The molecule has 1 aliphatic rings. The number of carbonyl (C=O) groups is 1. The number of nitrogens with one attached hydrogen (secondary N) is 1. The van der Waals surface area contributed by atoms with Crippen molar-refractivity contribution in [2.45, 2.75) is 38.3 Å². The van der Waals surface area contributed by atoms with Crippen LogP contribution in [0, 0.1) is 0 Å². The van der Waals surface area contributed by atoms with Crippen LogP contribution in [-0.4, -0.2) is 34.9 Å². The lowest BCUT2D eigenvalue weighted by Crippen LogP contribution is -2.37. The topological polar surface area (TPSA) is 56.1 Å². The highest BCUT2D eigenvalue weighted by atomic mass is 79.9. The zero-order valence-electron chi connectivity index (χ0n) is 10.4. The summed E-state index contributed by atoms with van der Waals surface area (Å²) in [5, 5.41) is 7.11. The summed E-state index contributed by atoms with van der Waals surface area (Å²) in [7, 11) is 0. The third-order valence-corrected chi connectivity index (χ3v) is 3.52. The van der Waals surface area contributed by atoms with Gasteiger partial charge in [-0.2, -0.15) is 5.10 Å². The highest BCUT2D eigenvalue weighted by Gasteiger charge is 2.21. The fourth-order valence-corrected chi connectivity index (χ4v) is 2.42. The number of amides is 1. The van der Waals surface area contributed by atoms with Crippen LogP contribution in [0.4, 0.5) is 0 Å². The molecule has 2 unspecified atom stereocenters. The minimum absolute atomic E-state index is 0.00333. The third-order valence-electron chi connectivity index (χ3n) is 3.11. The van der Waals surface area contributed by atoms with E-state index in [0.29, 0.717) is 13.0 Å². The molecule has 1 aromatic heterocycles. The van der Waals surface area contributed by atoms with Gasteiger partial charge in [0.1, 0.15) is 6.04 Å². The summed E-state index contributed by atoms with van der Waals surface area (Å²) in [4.78, 5) is 12.1. The summed E-state index contributed by atoms with van der Waals surface area (Å²) in [6, 6.07) is -0.252. The minimum Gasteiger partial charge on any atom is -0.376 e. The molecule has 18 heavy (non-hydrogen) atoms. The van der Waals surface area contributed by atoms with E-state index in [1.165, 1.54) is 0 Å². The van der Waals surface area contributed by atoms with E-state index in [0.717, 1.165) is 23.9 Å². The van der Waals surface area contributed by atoms with Gasteiger partial charge < -0.3 is 10.1 Å². The molecule has 5 nitrogen and oxygen atoms in total. The van der Waals surface area contributed by atoms with Crippen molar-refractivity contribution >= 4 is 21.8 Å². The summed E-state index contributed by atoms with van der Waals surface area (Å²) >= 11 is 3.34. The second-order valence-electron chi connectivity index (χ2n) is 4.44. The SMILES string of the molecule is CCC(C(=O)NCC1CCCO1)n1cc(Br)cn1. The second kappa shape index (κ2) is 6.33. The molecular formula is C12H18BrN3O2. The Labute approximate surface area is 115 Å². The Morgan fingerprint density at radius 3 is 3.17 bits per heavy atom. The van der Waals surface area contributed by atoms with Gasteiger partial charge in [-0.15, -0.1) is 0 Å².